The average molecular weight is 745 g/mol. The third-order valence-electron chi connectivity index (χ3n) is 6.85. The van der Waals surface area contributed by atoms with E-state index in [1.54, 1.807) is 0 Å². The monoisotopic (exact) mass is 744 g/mol. The maximum Gasteiger partial charge on any atom is 0.461 e. The highest BCUT2D eigenvalue weighted by atomic mass is 32.2. The average Bonchev–Trinajstić information content (AvgIpc) is 3.47. The number of fused-ring (bicyclic) bond motifs is 1. The Morgan fingerprint density at radius 3 is 2.22 bits per heavy atom. The standard InChI is InChI=1S/C27H21F9N6O5S2/c28-22(29)27(35,36)47-16-5-7-17(8-6-16)49(44,45)42-10-9-41(25-40-20-19(48-25)12-38-23(39-20)26(32,33)34)13-18(42)21(43)37-11-14-1-3-15(4-2-14)46-24(30)31/h1-8,12,18,22,24H,9-11,13H2,(H,37,43)/t18-/m1/s1. The molecule has 2 aromatic carbocycles. The molecule has 4 aromatic rings. The maximum absolute atomic E-state index is 13.7. The fourth-order valence-electron chi connectivity index (χ4n) is 4.55. The number of sulfonamides is 1. The molecule has 1 fully saturated rings. The number of halogens is 9. The zero-order valence-corrected chi connectivity index (χ0v) is 25.9. The first-order chi connectivity index (χ1) is 22.9. The van der Waals surface area contributed by atoms with Crippen LogP contribution in [0.4, 0.5) is 44.6 Å². The van der Waals surface area contributed by atoms with E-state index < -0.39 is 63.8 Å². The van der Waals surface area contributed by atoms with Gasteiger partial charge in [-0.2, -0.15) is 48.8 Å². The number of nitrogens with one attached hydrogen (secondary N) is 1. The van der Waals surface area contributed by atoms with Gasteiger partial charge in [-0.15, -0.1) is 0 Å². The molecule has 0 bridgehead atoms. The summed E-state index contributed by atoms with van der Waals surface area (Å²) >= 11 is 0.895. The molecule has 22 heteroatoms. The van der Waals surface area contributed by atoms with E-state index in [-0.39, 0.29) is 47.4 Å². The highest BCUT2D eigenvalue weighted by molar-refractivity contribution is 7.89. The van der Waals surface area contributed by atoms with Crippen molar-refractivity contribution in [3.8, 4) is 11.5 Å². The number of amides is 1. The summed E-state index contributed by atoms with van der Waals surface area (Å²) in [5.41, 5.74) is 0.135. The lowest BCUT2D eigenvalue weighted by Crippen LogP contribution is -2.60. The van der Waals surface area contributed by atoms with E-state index in [2.05, 4.69) is 29.7 Å². The van der Waals surface area contributed by atoms with Crippen LogP contribution in [0.2, 0.25) is 0 Å². The summed E-state index contributed by atoms with van der Waals surface area (Å²) in [6.07, 6.45) is -12.9. The summed E-state index contributed by atoms with van der Waals surface area (Å²) in [5, 5.41) is 2.66. The van der Waals surface area contributed by atoms with Gasteiger partial charge < -0.3 is 19.7 Å². The lowest BCUT2D eigenvalue weighted by molar-refractivity contribution is -0.253. The number of thiazole rings is 1. The number of piperazine rings is 1. The molecule has 0 aliphatic carbocycles. The highest BCUT2D eigenvalue weighted by Crippen LogP contribution is 2.34. The first kappa shape index (κ1) is 35.9. The molecule has 1 amide bonds. The Balaban J connectivity index is 1.40. The molecule has 0 saturated carbocycles. The zero-order chi connectivity index (χ0) is 35.7. The molecule has 0 spiro atoms. The second-order valence-electron chi connectivity index (χ2n) is 10.1. The second kappa shape index (κ2) is 13.8. The van der Waals surface area contributed by atoms with E-state index in [4.69, 9.17) is 0 Å². The van der Waals surface area contributed by atoms with Crippen LogP contribution in [0.3, 0.4) is 0 Å². The van der Waals surface area contributed by atoms with Crippen LogP contribution in [0, 0.1) is 0 Å². The number of anilines is 1. The normalized spacial score (nSPS) is 16.4. The van der Waals surface area contributed by atoms with Crippen molar-refractivity contribution >= 4 is 42.7 Å². The van der Waals surface area contributed by atoms with Crippen molar-refractivity contribution in [2.75, 3.05) is 24.5 Å². The van der Waals surface area contributed by atoms with Gasteiger partial charge in [0.15, 0.2) is 10.8 Å². The Hall–Kier alpha value is -4.44. The molecule has 49 heavy (non-hydrogen) atoms. The molecular formula is C27H21F9N6O5S2. The van der Waals surface area contributed by atoms with Gasteiger partial charge in [0.25, 0.3) is 0 Å². The van der Waals surface area contributed by atoms with Crippen LogP contribution in [-0.2, 0) is 27.5 Å². The predicted octanol–water partition coefficient (Wildman–Crippen LogP) is 5.14. The number of rotatable bonds is 11. The lowest BCUT2D eigenvalue weighted by atomic mass is 10.1. The van der Waals surface area contributed by atoms with Gasteiger partial charge in [0, 0.05) is 26.2 Å². The number of hydrogen-bond donors (Lipinski definition) is 1. The van der Waals surface area contributed by atoms with E-state index >= 15 is 0 Å². The minimum Gasteiger partial charge on any atom is -0.435 e. The van der Waals surface area contributed by atoms with Gasteiger partial charge in [-0.1, -0.05) is 23.5 Å². The Morgan fingerprint density at radius 1 is 0.959 bits per heavy atom. The number of aromatic nitrogens is 3. The van der Waals surface area contributed by atoms with Crippen LogP contribution in [0.25, 0.3) is 10.3 Å². The number of ether oxygens (including phenoxy) is 2. The molecule has 11 nitrogen and oxygen atoms in total. The van der Waals surface area contributed by atoms with Crippen LogP contribution in [0.5, 0.6) is 11.5 Å². The van der Waals surface area contributed by atoms with E-state index in [1.165, 1.54) is 29.2 Å². The van der Waals surface area contributed by atoms with E-state index in [1.807, 2.05) is 0 Å². The van der Waals surface area contributed by atoms with Gasteiger partial charge in [-0.3, -0.25) is 4.79 Å². The van der Waals surface area contributed by atoms with Crippen molar-refractivity contribution < 1.29 is 62.2 Å². The summed E-state index contributed by atoms with van der Waals surface area (Å²) in [7, 11) is -4.58. The number of carbonyl (C=O) groups excluding carboxylic acids is 1. The third-order valence-corrected chi connectivity index (χ3v) is 9.81. The highest BCUT2D eigenvalue weighted by Gasteiger charge is 2.44. The van der Waals surface area contributed by atoms with Crippen LogP contribution < -0.4 is 19.7 Å². The van der Waals surface area contributed by atoms with E-state index in [0.717, 1.165) is 46.1 Å². The fourth-order valence-corrected chi connectivity index (χ4v) is 7.03. The summed E-state index contributed by atoms with van der Waals surface area (Å²) < 4.78 is 153. The third kappa shape index (κ3) is 8.24. The molecule has 2 aromatic heterocycles. The molecule has 1 aliphatic heterocycles. The maximum atomic E-state index is 13.7. The molecule has 1 atom stereocenters. The molecule has 1 N–H and O–H groups in total. The van der Waals surface area contributed by atoms with Gasteiger partial charge in [0.2, 0.25) is 21.8 Å². The molecule has 264 valence electrons. The Kier molecular flexibility index (Phi) is 10.1. The number of carbonyl (C=O) groups is 1. The molecule has 5 rings (SSSR count). The molecule has 1 aliphatic rings. The summed E-state index contributed by atoms with van der Waals surface area (Å²) in [6.45, 7) is -4.12. The largest absolute Gasteiger partial charge is 0.461 e. The number of benzene rings is 2. The first-order valence-electron chi connectivity index (χ1n) is 13.7. The minimum atomic E-state index is -4.85. The van der Waals surface area contributed by atoms with Crippen molar-refractivity contribution in [2.24, 2.45) is 0 Å². The molecular weight excluding hydrogens is 723 g/mol. The van der Waals surface area contributed by atoms with Crippen LogP contribution in [-0.4, -0.2) is 78.4 Å². The molecule has 0 unspecified atom stereocenters. The van der Waals surface area contributed by atoms with Crippen LogP contribution in [0.15, 0.2) is 59.6 Å². The number of hydrogen-bond acceptors (Lipinski definition) is 10. The van der Waals surface area contributed by atoms with Crippen molar-refractivity contribution in [1.29, 1.82) is 0 Å². The summed E-state index contributed by atoms with van der Waals surface area (Å²) in [4.78, 5) is 25.3. The van der Waals surface area contributed by atoms with Crippen LogP contribution in [0.1, 0.15) is 11.4 Å². The number of alkyl halides is 9. The minimum absolute atomic E-state index is 0.106. The van der Waals surface area contributed by atoms with Gasteiger partial charge in [0.05, 0.1) is 15.8 Å². The summed E-state index contributed by atoms with van der Waals surface area (Å²) in [6, 6.07) is 6.77. The van der Waals surface area contributed by atoms with Gasteiger partial charge in [-0.05, 0) is 42.0 Å². The quantitative estimate of drug-likeness (QED) is 0.208. The van der Waals surface area contributed by atoms with Crippen LogP contribution >= 0.6 is 11.3 Å². The Labute approximate surface area is 274 Å². The van der Waals surface area contributed by atoms with Crippen molar-refractivity contribution in [2.45, 2.75) is 42.8 Å². The predicted molar refractivity (Wildman–Crippen MR) is 153 cm³/mol. The van der Waals surface area contributed by atoms with Gasteiger partial charge >= 0.3 is 25.3 Å². The first-order valence-corrected chi connectivity index (χ1v) is 15.9. The lowest BCUT2D eigenvalue weighted by Gasteiger charge is -2.39. The smallest absolute Gasteiger partial charge is 0.435 e. The second-order valence-corrected chi connectivity index (χ2v) is 13.0. The SMILES string of the molecule is O=C(NCc1ccc(OC(F)F)cc1)[C@H]1CN(c2nc3nc(C(F)(F)F)ncc3s2)CCN1S(=O)(=O)c1ccc(OC(F)(F)C(F)F)cc1. The van der Waals surface area contributed by atoms with E-state index in [0.29, 0.717) is 5.56 Å². The van der Waals surface area contributed by atoms with Crippen molar-refractivity contribution in [1.82, 2.24) is 24.6 Å². The molecule has 0 radical (unpaired) electrons. The topological polar surface area (TPSA) is 127 Å². The Bertz CT molecular complexity index is 1900. The van der Waals surface area contributed by atoms with E-state index in [9.17, 15) is 52.7 Å². The van der Waals surface area contributed by atoms with Crippen molar-refractivity contribution in [3.05, 3.63) is 66.1 Å². The molecule has 3 heterocycles. The fraction of sp³-hybridized carbons (Fsp3) is 0.333. The van der Waals surface area contributed by atoms with Crippen molar-refractivity contribution in [3.63, 3.8) is 0 Å². The Morgan fingerprint density at radius 2 is 1.61 bits per heavy atom. The number of nitrogens with zero attached hydrogens (tertiary/aromatic N) is 5. The van der Waals surface area contributed by atoms with Gasteiger partial charge in [-0.25, -0.2) is 18.4 Å². The zero-order valence-electron chi connectivity index (χ0n) is 24.3. The van der Waals surface area contributed by atoms with Gasteiger partial charge in [0.1, 0.15) is 17.5 Å². The summed E-state index contributed by atoms with van der Waals surface area (Å²) in [5.74, 6) is -3.19. The molecule has 1 saturated heterocycles.